The Morgan fingerprint density at radius 1 is 0.962 bits per heavy atom. The fourth-order valence-corrected chi connectivity index (χ4v) is 5.69. The number of benzene rings is 2. The number of hydrogen-bond acceptors (Lipinski definition) is 1. The maximum absolute atomic E-state index is 5.99. The van der Waals surface area contributed by atoms with Gasteiger partial charge in [0.1, 0.15) is 0 Å². The van der Waals surface area contributed by atoms with Crippen molar-refractivity contribution in [1.82, 2.24) is 0 Å². The quantitative estimate of drug-likeness (QED) is 0.686. The third-order valence-electron chi connectivity index (χ3n) is 4.74. The Kier molecular flexibility index (Phi) is 4.95. The van der Waals surface area contributed by atoms with Gasteiger partial charge in [0.25, 0.3) is 0 Å². The van der Waals surface area contributed by atoms with E-state index in [1.807, 2.05) is 0 Å². The SMILES string of the molecule is CC(C)C1CO/C(=C2\C=CC=C2P(c2ccccc2)c2ccccc2)[N-]1. The molecule has 2 nitrogen and oxygen atoms in total. The highest BCUT2D eigenvalue weighted by Gasteiger charge is 2.25. The van der Waals surface area contributed by atoms with Crippen LogP contribution in [-0.4, -0.2) is 12.6 Å². The predicted octanol–water partition coefficient (Wildman–Crippen LogP) is 5.21. The lowest BCUT2D eigenvalue weighted by atomic mass is 10.1. The molecule has 1 atom stereocenters. The van der Waals surface area contributed by atoms with Crippen molar-refractivity contribution in [3.63, 3.8) is 0 Å². The van der Waals surface area contributed by atoms with E-state index in [1.165, 1.54) is 15.9 Å². The lowest BCUT2D eigenvalue weighted by molar-refractivity contribution is 0.243. The van der Waals surface area contributed by atoms with E-state index in [9.17, 15) is 0 Å². The zero-order valence-electron chi connectivity index (χ0n) is 15.2. The molecule has 2 aromatic carbocycles. The summed E-state index contributed by atoms with van der Waals surface area (Å²) in [7, 11) is -0.636. The van der Waals surface area contributed by atoms with Gasteiger partial charge in [-0.1, -0.05) is 105 Å². The summed E-state index contributed by atoms with van der Waals surface area (Å²) in [5, 5.41) is 8.88. The summed E-state index contributed by atoms with van der Waals surface area (Å²) < 4.78 is 5.99. The van der Waals surface area contributed by atoms with Crippen molar-refractivity contribution < 1.29 is 4.74 Å². The average molecular weight is 360 g/mol. The molecule has 0 amide bonds. The summed E-state index contributed by atoms with van der Waals surface area (Å²) in [5.74, 6) is 1.30. The summed E-state index contributed by atoms with van der Waals surface area (Å²) in [5.41, 5.74) is 1.15. The lowest BCUT2D eigenvalue weighted by Crippen LogP contribution is -2.13. The smallest absolute Gasteiger partial charge is 0.0726 e. The third kappa shape index (κ3) is 3.34. The normalized spacial score (nSPS) is 21.8. The third-order valence-corrected chi connectivity index (χ3v) is 7.24. The first-order chi connectivity index (χ1) is 12.7. The van der Waals surface area contributed by atoms with E-state index in [0.717, 1.165) is 11.5 Å². The van der Waals surface area contributed by atoms with Crippen LogP contribution in [0.1, 0.15) is 13.8 Å². The largest absolute Gasteiger partial charge is 0.648 e. The number of ether oxygens (including phenoxy) is 1. The highest BCUT2D eigenvalue weighted by atomic mass is 31.1. The van der Waals surface area contributed by atoms with Crippen molar-refractivity contribution in [2.45, 2.75) is 19.9 Å². The Bertz CT molecular complexity index is 813. The van der Waals surface area contributed by atoms with Crippen LogP contribution in [0.5, 0.6) is 0 Å². The van der Waals surface area contributed by atoms with Crippen LogP contribution in [0.4, 0.5) is 0 Å². The molecule has 26 heavy (non-hydrogen) atoms. The molecule has 3 heteroatoms. The van der Waals surface area contributed by atoms with Gasteiger partial charge < -0.3 is 10.1 Å². The van der Waals surface area contributed by atoms with Gasteiger partial charge in [0.05, 0.1) is 6.61 Å². The van der Waals surface area contributed by atoms with E-state index >= 15 is 0 Å². The number of rotatable bonds is 4. The van der Waals surface area contributed by atoms with Gasteiger partial charge in [-0.2, -0.15) is 0 Å². The Hall–Kier alpha value is -2.31. The molecular formula is C23H23NOP-. The molecule has 0 bridgehead atoms. The molecule has 1 fully saturated rings. The topological polar surface area (TPSA) is 23.3 Å². The van der Waals surface area contributed by atoms with Crippen LogP contribution in [0.2, 0.25) is 0 Å². The molecule has 0 N–H and O–H groups in total. The Labute approximate surface area is 157 Å². The van der Waals surface area contributed by atoms with Crippen molar-refractivity contribution >= 4 is 18.5 Å². The van der Waals surface area contributed by atoms with E-state index in [0.29, 0.717) is 12.5 Å². The van der Waals surface area contributed by atoms with E-state index in [4.69, 9.17) is 10.1 Å². The van der Waals surface area contributed by atoms with Crippen molar-refractivity contribution in [3.05, 3.63) is 101 Å². The Morgan fingerprint density at radius 3 is 2.12 bits per heavy atom. The molecule has 2 aliphatic rings. The molecule has 1 aliphatic heterocycles. The van der Waals surface area contributed by atoms with Crippen LogP contribution in [0.25, 0.3) is 5.32 Å². The Balaban J connectivity index is 1.75. The first kappa shape index (κ1) is 17.1. The standard InChI is InChI=1S/C23H23NOP/c1-17(2)21-16-25-23(24-21)20-14-9-15-22(20)26(18-10-5-3-6-11-18)19-12-7-4-8-13-19/h3-15,17,21H,16H2,1-2H3/q-1/b23-20+. The molecule has 0 aromatic heterocycles. The molecule has 1 unspecified atom stereocenters. The predicted molar refractivity (Wildman–Crippen MR) is 111 cm³/mol. The van der Waals surface area contributed by atoms with Gasteiger partial charge >= 0.3 is 0 Å². The van der Waals surface area contributed by atoms with Crippen molar-refractivity contribution in [2.24, 2.45) is 5.92 Å². The molecular weight excluding hydrogens is 337 g/mol. The number of nitrogens with zero attached hydrogens (tertiary/aromatic N) is 1. The first-order valence-electron chi connectivity index (χ1n) is 9.11. The second-order valence-electron chi connectivity index (χ2n) is 6.89. The summed E-state index contributed by atoms with van der Waals surface area (Å²) in [6, 6.07) is 21.8. The molecule has 1 heterocycles. The lowest BCUT2D eigenvalue weighted by Gasteiger charge is -2.28. The molecule has 2 aromatic rings. The Morgan fingerprint density at radius 2 is 1.58 bits per heavy atom. The maximum atomic E-state index is 5.99. The monoisotopic (exact) mass is 360 g/mol. The van der Waals surface area contributed by atoms with Gasteiger partial charge in [-0.25, -0.2) is 0 Å². The molecule has 0 saturated carbocycles. The van der Waals surface area contributed by atoms with E-state index < -0.39 is 7.92 Å². The second kappa shape index (κ2) is 7.51. The maximum Gasteiger partial charge on any atom is 0.0726 e. The molecule has 0 radical (unpaired) electrons. The zero-order chi connectivity index (χ0) is 17.9. The average Bonchev–Trinajstić information content (AvgIpc) is 3.33. The van der Waals surface area contributed by atoms with Crippen LogP contribution in [0.15, 0.2) is 95.7 Å². The van der Waals surface area contributed by atoms with Crippen LogP contribution in [0, 0.1) is 5.92 Å². The molecule has 132 valence electrons. The summed E-state index contributed by atoms with van der Waals surface area (Å²) in [6.07, 6.45) is 6.51. The highest BCUT2D eigenvalue weighted by Crippen LogP contribution is 2.50. The van der Waals surface area contributed by atoms with Gasteiger partial charge in [0, 0.05) is 11.5 Å². The minimum atomic E-state index is -0.636. The first-order valence-corrected chi connectivity index (χ1v) is 10.4. The number of hydrogen-bond donors (Lipinski definition) is 0. The summed E-state index contributed by atoms with van der Waals surface area (Å²) in [6.45, 7) is 5.09. The highest BCUT2D eigenvalue weighted by molar-refractivity contribution is 7.77. The molecule has 0 spiro atoms. The zero-order valence-corrected chi connectivity index (χ0v) is 16.1. The van der Waals surface area contributed by atoms with Gasteiger partial charge in [-0.3, -0.25) is 0 Å². The minimum Gasteiger partial charge on any atom is -0.648 e. The van der Waals surface area contributed by atoms with Crippen molar-refractivity contribution in [2.75, 3.05) is 6.61 Å². The van der Waals surface area contributed by atoms with Gasteiger partial charge in [-0.05, 0) is 23.8 Å². The van der Waals surface area contributed by atoms with Crippen molar-refractivity contribution in [1.29, 1.82) is 0 Å². The van der Waals surface area contributed by atoms with Crippen molar-refractivity contribution in [3.8, 4) is 0 Å². The van der Waals surface area contributed by atoms with E-state index in [1.54, 1.807) is 0 Å². The van der Waals surface area contributed by atoms with Crippen LogP contribution < -0.4 is 10.6 Å². The molecule has 4 rings (SSSR count). The van der Waals surface area contributed by atoms with E-state index in [2.05, 4.69) is 92.7 Å². The number of allylic oxidation sites excluding steroid dienone is 5. The minimum absolute atomic E-state index is 0.257. The summed E-state index contributed by atoms with van der Waals surface area (Å²) >= 11 is 0. The van der Waals surface area contributed by atoms with Crippen LogP contribution >= 0.6 is 7.92 Å². The summed E-state index contributed by atoms with van der Waals surface area (Å²) in [4.78, 5) is 0. The second-order valence-corrected chi connectivity index (χ2v) is 9.07. The van der Waals surface area contributed by atoms with Crippen LogP contribution in [0.3, 0.4) is 0 Å². The fourth-order valence-electron chi connectivity index (χ4n) is 3.25. The molecule has 1 aliphatic carbocycles. The van der Waals surface area contributed by atoms with Gasteiger partial charge in [-0.15, -0.1) is 0 Å². The fraction of sp³-hybridized carbons (Fsp3) is 0.217. The van der Waals surface area contributed by atoms with Gasteiger partial charge in [0.2, 0.25) is 0 Å². The van der Waals surface area contributed by atoms with Crippen LogP contribution in [-0.2, 0) is 4.74 Å². The van der Waals surface area contributed by atoms with Gasteiger partial charge in [0.15, 0.2) is 0 Å². The van der Waals surface area contributed by atoms with E-state index in [-0.39, 0.29) is 6.04 Å². The molecule has 1 saturated heterocycles.